The zero-order valence-electron chi connectivity index (χ0n) is 9.28. The molecular weight excluding hydrogens is 244 g/mol. The van der Waals surface area contributed by atoms with Crippen molar-refractivity contribution >= 4 is 18.3 Å². The Morgan fingerprint density at radius 2 is 2.18 bits per heavy atom. The lowest BCUT2D eigenvalue weighted by Crippen LogP contribution is -2.20. The van der Waals surface area contributed by atoms with Gasteiger partial charge in [0.25, 0.3) is 5.69 Å². The number of aromatic nitrogens is 1. The predicted molar refractivity (Wildman–Crippen MR) is 65.1 cm³/mol. The van der Waals surface area contributed by atoms with Gasteiger partial charge in [0, 0.05) is 6.07 Å². The fourth-order valence-corrected chi connectivity index (χ4v) is 1.68. The molecule has 0 radical (unpaired) electrons. The SMILES string of the molecule is Cc1nc(C(O)C(O)CCS)ccc1[N+](=O)[O-]. The average Bonchev–Trinajstić information content (AvgIpc) is 2.27. The minimum atomic E-state index is -1.15. The summed E-state index contributed by atoms with van der Waals surface area (Å²) >= 11 is 3.95. The Morgan fingerprint density at radius 3 is 2.65 bits per heavy atom. The first-order valence-corrected chi connectivity index (χ1v) is 5.69. The van der Waals surface area contributed by atoms with E-state index in [9.17, 15) is 20.3 Å². The van der Waals surface area contributed by atoms with Gasteiger partial charge < -0.3 is 10.2 Å². The number of aryl methyl sites for hydroxylation is 1. The van der Waals surface area contributed by atoms with Gasteiger partial charge in [0.2, 0.25) is 0 Å². The van der Waals surface area contributed by atoms with Crippen LogP contribution in [0.3, 0.4) is 0 Å². The van der Waals surface area contributed by atoms with Gasteiger partial charge >= 0.3 is 0 Å². The molecule has 2 unspecified atom stereocenters. The molecule has 0 fully saturated rings. The molecule has 1 heterocycles. The standard InChI is InChI=1S/C10H14N2O4S/c1-6-8(12(15)16)3-2-7(11-6)10(14)9(13)4-5-17/h2-3,9-10,13-14,17H,4-5H2,1H3. The summed E-state index contributed by atoms with van der Waals surface area (Å²) in [6.45, 7) is 1.49. The fourth-order valence-electron chi connectivity index (χ4n) is 1.42. The normalized spacial score (nSPS) is 14.4. The summed E-state index contributed by atoms with van der Waals surface area (Å²) in [7, 11) is 0. The molecule has 7 heteroatoms. The Balaban J connectivity index is 2.93. The molecule has 1 rings (SSSR count). The zero-order valence-corrected chi connectivity index (χ0v) is 10.2. The van der Waals surface area contributed by atoms with Crippen LogP contribution in [0.4, 0.5) is 5.69 Å². The Labute approximate surface area is 104 Å². The van der Waals surface area contributed by atoms with Gasteiger partial charge in [-0.25, -0.2) is 4.98 Å². The van der Waals surface area contributed by atoms with E-state index in [2.05, 4.69) is 17.6 Å². The summed E-state index contributed by atoms with van der Waals surface area (Å²) in [5.41, 5.74) is 0.330. The lowest BCUT2D eigenvalue weighted by Gasteiger charge is -2.16. The number of nitrogens with zero attached hydrogens (tertiary/aromatic N) is 2. The van der Waals surface area contributed by atoms with E-state index in [0.717, 1.165) is 0 Å². The van der Waals surface area contributed by atoms with Crippen LogP contribution in [0.5, 0.6) is 0 Å². The zero-order chi connectivity index (χ0) is 13.0. The Morgan fingerprint density at radius 1 is 1.53 bits per heavy atom. The molecule has 6 nitrogen and oxygen atoms in total. The van der Waals surface area contributed by atoms with Gasteiger partial charge in [-0.2, -0.15) is 12.6 Å². The Bertz CT molecular complexity index is 413. The number of aliphatic hydroxyl groups excluding tert-OH is 2. The molecule has 94 valence electrons. The van der Waals surface area contributed by atoms with Crippen molar-refractivity contribution in [3.8, 4) is 0 Å². The van der Waals surface area contributed by atoms with Crippen LogP contribution in [0.2, 0.25) is 0 Å². The van der Waals surface area contributed by atoms with Crippen molar-refractivity contribution in [3.05, 3.63) is 33.6 Å². The van der Waals surface area contributed by atoms with Gasteiger partial charge in [-0.3, -0.25) is 10.1 Å². The lowest BCUT2D eigenvalue weighted by molar-refractivity contribution is -0.385. The quantitative estimate of drug-likeness (QED) is 0.416. The number of hydrogen-bond acceptors (Lipinski definition) is 6. The van der Waals surface area contributed by atoms with Gasteiger partial charge in [-0.05, 0) is 25.2 Å². The molecule has 2 atom stereocenters. The van der Waals surface area contributed by atoms with E-state index in [4.69, 9.17) is 0 Å². The molecule has 0 aliphatic heterocycles. The van der Waals surface area contributed by atoms with Gasteiger partial charge in [-0.1, -0.05) is 0 Å². The number of thiol groups is 1. The maximum absolute atomic E-state index is 10.6. The highest BCUT2D eigenvalue weighted by molar-refractivity contribution is 7.80. The third-order valence-electron chi connectivity index (χ3n) is 2.37. The average molecular weight is 258 g/mol. The molecule has 0 bridgehead atoms. The summed E-state index contributed by atoms with van der Waals surface area (Å²) < 4.78 is 0. The Kier molecular flexibility index (Phi) is 4.86. The molecule has 0 aromatic carbocycles. The first-order valence-electron chi connectivity index (χ1n) is 5.06. The van der Waals surface area contributed by atoms with Crippen molar-refractivity contribution in [2.45, 2.75) is 25.6 Å². The number of hydrogen-bond donors (Lipinski definition) is 3. The van der Waals surface area contributed by atoms with Crippen LogP contribution >= 0.6 is 12.6 Å². The highest BCUT2D eigenvalue weighted by Gasteiger charge is 2.21. The molecule has 0 spiro atoms. The van der Waals surface area contributed by atoms with E-state index in [0.29, 0.717) is 12.2 Å². The second-order valence-corrected chi connectivity index (χ2v) is 4.07. The van der Waals surface area contributed by atoms with Crippen molar-refractivity contribution in [3.63, 3.8) is 0 Å². The monoisotopic (exact) mass is 258 g/mol. The largest absolute Gasteiger partial charge is 0.390 e. The molecule has 17 heavy (non-hydrogen) atoms. The highest BCUT2D eigenvalue weighted by atomic mass is 32.1. The van der Waals surface area contributed by atoms with Crippen molar-refractivity contribution in [1.29, 1.82) is 0 Å². The van der Waals surface area contributed by atoms with Crippen molar-refractivity contribution < 1.29 is 15.1 Å². The minimum absolute atomic E-state index is 0.107. The molecule has 1 aromatic heterocycles. The van der Waals surface area contributed by atoms with Crippen LogP contribution in [0, 0.1) is 17.0 Å². The smallest absolute Gasteiger partial charge is 0.290 e. The third-order valence-corrected chi connectivity index (χ3v) is 2.63. The molecule has 0 aliphatic rings. The van der Waals surface area contributed by atoms with E-state index in [-0.39, 0.29) is 17.1 Å². The summed E-state index contributed by atoms with van der Waals surface area (Å²) in [4.78, 5) is 14.0. The molecule has 0 saturated carbocycles. The van der Waals surface area contributed by atoms with Crippen LogP contribution < -0.4 is 0 Å². The van der Waals surface area contributed by atoms with E-state index in [1.807, 2.05) is 0 Å². The van der Waals surface area contributed by atoms with Crippen LogP contribution in [-0.4, -0.2) is 32.0 Å². The van der Waals surface area contributed by atoms with E-state index >= 15 is 0 Å². The molecule has 1 aromatic rings. The maximum Gasteiger partial charge on any atom is 0.290 e. The van der Waals surface area contributed by atoms with Crippen molar-refractivity contribution in [2.75, 3.05) is 5.75 Å². The third kappa shape index (κ3) is 3.39. The van der Waals surface area contributed by atoms with Crippen LogP contribution in [0.15, 0.2) is 12.1 Å². The summed E-state index contributed by atoms with van der Waals surface area (Å²) in [6, 6.07) is 2.62. The van der Waals surface area contributed by atoms with E-state index in [1.54, 1.807) is 0 Å². The van der Waals surface area contributed by atoms with Crippen LogP contribution in [0.25, 0.3) is 0 Å². The van der Waals surface area contributed by atoms with E-state index in [1.165, 1.54) is 19.1 Å². The first-order chi connectivity index (χ1) is 7.97. The van der Waals surface area contributed by atoms with E-state index < -0.39 is 17.1 Å². The summed E-state index contributed by atoms with van der Waals surface area (Å²) in [5.74, 6) is 0.435. The second-order valence-electron chi connectivity index (χ2n) is 3.62. The second kappa shape index (κ2) is 5.95. The van der Waals surface area contributed by atoms with Crippen molar-refractivity contribution in [1.82, 2.24) is 4.98 Å². The number of rotatable bonds is 5. The van der Waals surface area contributed by atoms with Crippen LogP contribution in [0.1, 0.15) is 23.9 Å². The molecule has 0 amide bonds. The number of pyridine rings is 1. The maximum atomic E-state index is 10.6. The van der Waals surface area contributed by atoms with Crippen LogP contribution in [-0.2, 0) is 0 Å². The Hall–Kier alpha value is -1.18. The molecule has 0 saturated heterocycles. The number of nitro groups is 1. The highest BCUT2D eigenvalue weighted by Crippen LogP contribution is 2.22. The van der Waals surface area contributed by atoms with Gasteiger partial charge in [0.15, 0.2) is 0 Å². The summed E-state index contributed by atoms with van der Waals surface area (Å²) in [6.07, 6.45) is -1.80. The fraction of sp³-hybridized carbons (Fsp3) is 0.500. The van der Waals surface area contributed by atoms with Gasteiger partial charge in [0.1, 0.15) is 11.8 Å². The topological polar surface area (TPSA) is 96.5 Å². The predicted octanol–water partition coefficient (Wildman–Crippen LogP) is 1.01. The first kappa shape index (κ1) is 13.9. The van der Waals surface area contributed by atoms with Crippen molar-refractivity contribution in [2.24, 2.45) is 0 Å². The molecular formula is C10H14N2O4S. The lowest BCUT2D eigenvalue weighted by atomic mass is 10.1. The molecule has 2 N–H and O–H groups in total. The number of aliphatic hydroxyl groups is 2. The van der Waals surface area contributed by atoms with Gasteiger partial charge in [-0.15, -0.1) is 0 Å². The van der Waals surface area contributed by atoms with Gasteiger partial charge in [0.05, 0.1) is 16.7 Å². The molecule has 0 aliphatic carbocycles. The summed E-state index contributed by atoms with van der Waals surface area (Å²) in [5, 5.41) is 29.9. The minimum Gasteiger partial charge on any atom is -0.390 e.